The minimum atomic E-state index is -0.596. The van der Waals surface area contributed by atoms with Crippen molar-refractivity contribution >= 4 is 0 Å². The van der Waals surface area contributed by atoms with E-state index in [1.165, 1.54) is 0 Å². The van der Waals surface area contributed by atoms with Crippen LogP contribution in [0.25, 0.3) is 0 Å². The fourth-order valence-corrected chi connectivity index (χ4v) is 0.161. The van der Waals surface area contributed by atoms with Gasteiger partial charge in [0.2, 0.25) is 0 Å². The van der Waals surface area contributed by atoms with Crippen LogP contribution < -0.4 is 0 Å². The topological polar surface area (TPSA) is 0 Å². The van der Waals surface area contributed by atoms with E-state index in [2.05, 4.69) is 17.8 Å². The molecule has 1 heteroatoms. The van der Waals surface area contributed by atoms with Gasteiger partial charge in [-0.15, -0.1) is 6.42 Å². The van der Waals surface area contributed by atoms with E-state index in [9.17, 15) is 4.39 Å². The van der Waals surface area contributed by atoms with Crippen molar-refractivity contribution in [1.82, 2.24) is 0 Å². The van der Waals surface area contributed by atoms with Crippen molar-refractivity contribution in [2.24, 2.45) is 0 Å². The van der Waals surface area contributed by atoms with Crippen LogP contribution in [0.15, 0.2) is 0 Å². The second-order valence-corrected chi connectivity index (χ2v) is 0.868. The van der Waals surface area contributed by atoms with Crippen LogP contribution >= 0.6 is 0 Å². The van der Waals surface area contributed by atoms with E-state index in [-0.39, 0.29) is 0 Å². The second kappa shape index (κ2) is 5.05. The summed E-state index contributed by atoms with van der Waals surface area (Å²) in [7, 11) is 0. The molecule has 0 spiro atoms. The van der Waals surface area contributed by atoms with Crippen LogP contribution in [0.5, 0.6) is 0 Å². The summed E-state index contributed by atoms with van der Waals surface area (Å²) >= 11 is 0. The first-order valence-electron chi connectivity index (χ1n) is 1.87. The summed E-state index contributed by atoms with van der Waals surface area (Å²) in [5, 5.41) is 0. The fraction of sp³-hybridized carbons (Fsp3) is 0.333. The fourth-order valence-electron chi connectivity index (χ4n) is 0.161. The van der Waals surface area contributed by atoms with Crippen LogP contribution in [0.2, 0.25) is 0 Å². The number of hydrogen-bond donors (Lipinski definition) is 0. The normalized spacial score (nSPS) is 5.71. The molecular formula is C6H5F. The second-order valence-electron chi connectivity index (χ2n) is 0.868. The maximum absolute atomic E-state index is 11.1. The van der Waals surface area contributed by atoms with Crippen LogP contribution in [0.1, 0.15) is 6.42 Å². The highest BCUT2D eigenvalue weighted by molar-refractivity contribution is 5.07. The van der Waals surface area contributed by atoms with E-state index in [1.54, 1.807) is 0 Å². The SMILES string of the molecule is C#CCC#CCF. The number of hydrogen-bond acceptors (Lipinski definition) is 0. The zero-order chi connectivity index (χ0) is 5.54. The first kappa shape index (κ1) is 6.05. The van der Waals surface area contributed by atoms with Crippen molar-refractivity contribution in [3.63, 3.8) is 0 Å². The third-order valence-corrected chi connectivity index (χ3v) is 0.382. The molecule has 0 aromatic rings. The summed E-state index contributed by atoms with van der Waals surface area (Å²) in [6.07, 6.45) is 5.15. The van der Waals surface area contributed by atoms with Gasteiger partial charge in [-0.3, -0.25) is 0 Å². The molecule has 36 valence electrons. The Morgan fingerprint density at radius 2 is 2.14 bits per heavy atom. The minimum Gasteiger partial charge on any atom is -0.237 e. The van der Waals surface area contributed by atoms with Crippen molar-refractivity contribution in [2.45, 2.75) is 6.42 Å². The molecule has 0 rings (SSSR count). The molecule has 0 atom stereocenters. The average molecular weight is 96.1 g/mol. The highest BCUT2D eigenvalue weighted by Crippen LogP contribution is 1.67. The Morgan fingerprint density at radius 1 is 1.43 bits per heavy atom. The highest BCUT2D eigenvalue weighted by Gasteiger charge is 1.61. The van der Waals surface area contributed by atoms with Gasteiger partial charge >= 0.3 is 0 Å². The van der Waals surface area contributed by atoms with Gasteiger partial charge in [-0.2, -0.15) is 0 Å². The molecule has 0 aliphatic carbocycles. The maximum Gasteiger partial charge on any atom is 0.150 e. The van der Waals surface area contributed by atoms with E-state index in [0.717, 1.165) is 0 Å². The smallest absolute Gasteiger partial charge is 0.150 e. The molecule has 0 N–H and O–H groups in total. The summed E-state index contributed by atoms with van der Waals surface area (Å²) < 4.78 is 11.1. The molecule has 0 bridgehead atoms. The quantitative estimate of drug-likeness (QED) is 0.394. The average Bonchev–Trinajstić information content (AvgIpc) is 1.69. The van der Waals surface area contributed by atoms with Gasteiger partial charge in [0.1, 0.15) is 6.67 Å². The number of halogens is 1. The van der Waals surface area contributed by atoms with Gasteiger partial charge in [-0.25, -0.2) is 4.39 Å². The summed E-state index contributed by atoms with van der Waals surface area (Å²) in [6, 6.07) is 0. The van der Waals surface area contributed by atoms with Crippen molar-refractivity contribution in [3.05, 3.63) is 0 Å². The van der Waals surface area contributed by atoms with Crippen molar-refractivity contribution in [2.75, 3.05) is 6.67 Å². The Balaban J connectivity index is 3.12. The Kier molecular flexibility index (Phi) is 4.36. The largest absolute Gasteiger partial charge is 0.237 e. The van der Waals surface area contributed by atoms with Crippen molar-refractivity contribution in [3.8, 4) is 24.2 Å². The van der Waals surface area contributed by atoms with Crippen molar-refractivity contribution in [1.29, 1.82) is 0 Å². The Labute approximate surface area is 42.7 Å². The standard InChI is InChI=1S/C6H5F/c1-2-3-4-5-6-7/h1H,3,6H2. The lowest BCUT2D eigenvalue weighted by Gasteiger charge is -1.64. The molecule has 0 aromatic heterocycles. The molecule has 0 aromatic carbocycles. The molecule has 0 fully saturated rings. The van der Waals surface area contributed by atoms with Gasteiger partial charge in [0.15, 0.2) is 0 Å². The lowest BCUT2D eigenvalue weighted by Crippen LogP contribution is -1.61. The minimum absolute atomic E-state index is 0.351. The van der Waals surface area contributed by atoms with Crippen molar-refractivity contribution < 1.29 is 4.39 Å². The number of terminal acetylenes is 1. The Morgan fingerprint density at radius 3 is 2.57 bits per heavy atom. The molecule has 0 nitrogen and oxygen atoms in total. The monoisotopic (exact) mass is 96.0 g/mol. The van der Waals surface area contributed by atoms with E-state index in [4.69, 9.17) is 6.42 Å². The van der Waals surface area contributed by atoms with Gasteiger partial charge in [0.25, 0.3) is 0 Å². The summed E-state index contributed by atoms with van der Waals surface area (Å²) in [5.74, 6) is 6.88. The lowest BCUT2D eigenvalue weighted by atomic mass is 10.4. The van der Waals surface area contributed by atoms with E-state index in [1.807, 2.05) is 0 Å². The van der Waals surface area contributed by atoms with Gasteiger partial charge in [-0.1, -0.05) is 17.8 Å². The van der Waals surface area contributed by atoms with E-state index < -0.39 is 6.67 Å². The van der Waals surface area contributed by atoms with E-state index >= 15 is 0 Å². The van der Waals surface area contributed by atoms with E-state index in [0.29, 0.717) is 6.42 Å². The summed E-state index contributed by atoms with van der Waals surface area (Å²) in [6.45, 7) is -0.596. The molecule has 0 heterocycles. The third-order valence-electron chi connectivity index (χ3n) is 0.382. The Bertz CT molecular complexity index is 119. The molecule has 0 saturated heterocycles. The molecule has 0 aliphatic heterocycles. The highest BCUT2D eigenvalue weighted by atomic mass is 19.1. The molecule has 7 heavy (non-hydrogen) atoms. The van der Waals surface area contributed by atoms with Gasteiger partial charge in [0, 0.05) is 0 Å². The number of alkyl halides is 1. The van der Waals surface area contributed by atoms with Crippen LogP contribution in [0.4, 0.5) is 4.39 Å². The van der Waals surface area contributed by atoms with Crippen LogP contribution in [-0.2, 0) is 0 Å². The third kappa shape index (κ3) is 5.05. The zero-order valence-electron chi connectivity index (χ0n) is 3.87. The van der Waals surface area contributed by atoms with Gasteiger partial charge < -0.3 is 0 Å². The molecule has 0 aliphatic rings. The van der Waals surface area contributed by atoms with Gasteiger partial charge in [0.05, 0.1) is 6.42 Å². The predicted octanol–water partition coefficient (Wildman–Crippen LogP) is 0.983. The van der Waals surface area contributed by atoms with Crippen LogP contribution in [-0.4, -0.2) is 6.67 Å². The van der Waals surface area contributed by atoms with Gasteiger partial charge in [-0.05, 0) is 0 Å². The zero-order valence-corrected chi connectivity index (χ0v) is 3.87. The first-order valence-corrected chi connectivity index (χ1v) is 1.87. The lowest BCUT2D eigenvalue weighted by molar-refractivity contribution is 0.573. The molecule has 0 saturated carbocycles. The molecule has 0 radical (unpaired) electrons. The molecule has 0 unspecified atom stereocenters. The number of rotatable bonds is 0. The van der Waals surface area contributed by atoms with Crippen LogP contribution in [0, 0.1) is 24.2 Å². The summed E-state index contributed by atoms with van der Waals surface area (Å²) in [5.41, 5.74) is 0. The molecule has 0 amide bonds. The summed E-state index contributed by atoms with van der Waals surface area (Å²) in [4.78, 5) is 0. The van der Waals surface area contributed by atoms with Crippen LogP contribution in [0.3, 0.4) is 0 Å². The Hall–Kier alpha value is -0.950. The first-order chi connectivity index (χ1) is 3.41. The predicted molar refractivity (Wildman–Crippen MR) is 27.2 cm³/mol. The molecular weight excluding hydrogens is 91.1 g/mol. The maximum atomic E-state index is 11.1.